The minimum atomic E-state index is -0.443. The number of nitrogens with one attached hydrogen (secondary N) is 1. The quantitative estimate of drug-likeness (QED) is 0.557. The maximum Gasteiger partial charge on any atom is 0.344 e. The molecule has 0 saturated heterocycles. The molecular weight excluding hydrogens is 346 g/mol. The predicted octanol–water partition coefficient (Wildman–Crippen LogP) is 3.35. The van der Waals surface area contributed by atoms with Gasteiger partial charge in [0, 0.05) is 12.1 Å². The van der Waals surface area contributed by atoms with Crippen molar-refractivity contribution in [2.75, 3.05) is 20.3 Å². The minimum Gasteiger partial charge on any atom is -0.493 e. The summed E-state index contributed by atoms with van der Waals surface area (Å²) in [6.07, 6.45) is 7.64. The normalized spacial score (nSPS) is 19.5. The van der Waals surface area contributed by atoms with Crippen molar-refractivity contribution in [2.45, 2.75) is 45.6 Å². The molecule has 0 radical (unpaired) electrons. The van der Waals surface area contributed by atoms with Crippen LogP contribution in [0.15, 0.2) is 24.3 Å². The third-order valence-electron chi connectivity index (χ3n) is 4.63. The molecule has 0 heterocycles. The Morgan fingerprint density at radius 1 is 1.19 bits per heavy atom. The molecule has 148 valence electrons. The predicted molar refractivity (Wildman–Crippen MR) is 104 cm³/mol. The van der Waals surface area contributed by atoms with Gasteiger partial charge in [-0.2, -0.15) is 0 Å². The summed E-state index contributed by atoms with van der Waals surface area (Å²) in [6.45, 7) is 4.10. The zero-order valence-electron chi connectivity index (χ0n) is 16.3. The molecule has 0 aromatic heterocycles. The van der Waals surface area contributed by atoms with E-state index in [1.165, 1.54) is 13.2 Å². The summed E-state index contributed by atoms with van der Waals surface area (Å²) >= 11 is 0. The molecule has 0 bridgehead atoms. The summed E-state index contributed by atoms with van der Waals surface area (Å²) in [7, 11) is 1.53. The topological polar surface area (TPSA) is 73.9 Å². The Bertz CT molecular complexity index is 663. The monoisotopic (exact) mass is 375 g/mol. The molecule has 1 fully saturated rings. The lowest BCUT2D eigenvalue weighted by atomic mass is 9.87. The van der Waals surface area contributed by atoms with Crippen LogP contribution in [-0.2, 0) is 14.3 Å². The van der Waals surface area contributed by atoms with Crippen molar-refractivity contribution < 1.29 is 23.8 Å². The Hall–Kier alpha value is -2.50. The highest BCUT2D eigenvalue weighted by molar-refractivity contribution is 5.92. The van der Waals surface area contributed by atoms with Crippen LogP contribution in [0.5, 0.6) is 11.5 Å². The highest BCUT2D eigenvalue weighted by atomic mass is 16.6. The highest BCUT2D eigenvalue weighted by Crippen LogP contribution is 2.28. The van der Waals surface area contributed by atoms with E-state index in [-0.39, 0.29) is 18.6 Å². The molecule has 6 nitrogen and oxygen atoms in total. The van der Waals surface area contributed by atoms with Crippen molar-refractivity contribution in [3.63, 3.8) is 0 Å². The maximum absolute atomic E-state index is 12.1. The van der Waals surface area contributed by atoms with Crippen molar-refractivity contribution in [2.24, 2.45) is 5.92 Å². The lowest BCUT2D eigenvalue weighted by Gasteiger charge is -2.26. The first-order valence-corrected chi connectivity index (χ1v) is 9.46. The van der Waals surface area contributed by atoms with Crippen molar-refractivity contribution in [3.05, 3.63) is 29.8 Å². The minimum absolute atomic E-state index is 0.0978. The van der Waals surface area contributed by atoms with Gasteiger partial charge in [-0.25, -0.2) is 4.79 Å². The summed E-state index contributed by atoms with van der Waals surface area (Å²) in [6, 6.07) is 5.55. The van der Waals surface area contributed by atoms with Gasteiger partial charge in [-0.15, -0.1) is 0 Å². The van der Waals surface area contributed by atoms with Crippen LogP contribution in [-0.4, -0.2) is 38.2 Å². The van der Waals surface area contributed by atoms with Gasteiger partial charge in [-0.3, -0.25) is 4.79 Å². The molecule has 1 saturated carbocycles. The molecule has 2 rings (SSSR count). The zero-order chi connectivity index (χ0) is 19.6. The molecule has 1 aromatic carbocycles. The molecule has 0 aliphatic heterocycles. The van der Waals surface area contributed by atoms with Crippen LogP contribution in [0.3, 0.4) is 0 Å². The second kappa shape index (κ2) is 10.6. The number of benzene rings is 1. The molecule has 0 unspecified atom stereocenters. The molecule has 27 heavy (non-hydrogen) atoms. The SMILES string of the molecule is CCOC(=O)COc1cc(/C=C/C(=O)NC2CCC(C)CC2)ccc1OC. The Balaban J connectivity index is 1.94. The molecule has 1 N–H and O–H groups in total. The van der Waals surface area contributed by atoms with E-state index in [4.69, 9.17) is 14.2 Å². The number of hydrogen-bond acceptors (Lipinski definition) is 5. The summed E-state index contributed by atoms with van der Waals surface area (Å²) < 4.78 is 15.6. The fourth-order valence-corrected chi connectivity index (χ4v) is 3.07. The van der Waals surface area contributed by atoms with Crippen molar-refractivity contribution >= 4 is 18.0 Å². The number of carbonyl (C=O) groups excluding carboxylic acids is 2. The second-order valence-corrected chi connectivity index (χ2v) is 6.80. The average Bonchev–Trinajstić information content (AvgIpc) is 2.67. The fraction of sp³-hybridized carbons (Fsp3) is 0.524. The van der Waals surface area contributed by atoms with E-state index in [0.29, 0.717) is 18.1 Å². The standard InChI is InChI=1S/C21H29NO5/c1-4-26-21(24)14-27-19-13-16(7-11-18(19)25-3)8-12-20(23)22-17-9-5-15(2)6-10-17/h7-8,11-13,15,17H,4-6,9-10,14H2,1-3H3,(H,22,23)/b12-8+. The average molecular weight is 375 g/mol. The molecule has 0 spiro atoms. The van der Waals surface area contributed by atoms with E-state index < -0.39 is 5.97 Å². The van der Waals surface area contributed by atoms with Gasteiger partial charge in [-0.05, 0) is 62.3 Å². The Morgan fingerprint density at radius 3 is 2.59 bits per heavy atom. The zero-order valence-corrected chi connectivity index (χ0v) is 16.3. The molecule has 1 aliphatic rings. The number of hydrogen-bond donors (Lipinski definition) is 1. The smallest absolute Gasteiger partial charge is 0.344 e. The van der Waals surface area contributed by atoms with Crippen LogP contribution in [0.2, 0.25) is 0 Å². The number of methoxy groups -OCH3 is 1. The van der Waals surface area contributed by atoms with Gasteiger partial charge < -0.3 is 19.5 Å². The van der Waals surface area contributed by atoms with Crippen LogP contribution in [0.25, 0.3) is 6.08 Å². The van der Waals surface area contributed by atoms with Crippen LogP contribution in [0, 0.1) is 5.92 Å². The summed E-state index contributed by atoms with van der Waals surface area (Å²) in [5.74, 6) is 1.15. The van der Waals surface area contributed by atoms with E-state index in [1.807, 2.05) is 6.07 Å². The number of amides is 1. The molecular formula is C21H29NO5. The highest BCUT2D eigenvalue weighted by Gasteiger charge is 2.18. The first-order valence-electron chi connectivity index (χ1n) is 9.46. The van der Waals surface area contributed by atoms with E-state index in [0.717, 1.165) is 37.2 Å². The molecule has 1 aliphatic carbocycles. The molecule has 0 atom stereocenters. The summed E-state index contributed by atoms with van der Waals surface area (Å²) in [4.78, 5) is 23.6. The number of ether oxygens (including phenoxy) is 3. The Labute approximate surface area is 160 Å². The van der Waals surface area contributed by atoms with Crippen LogP contribution in [0.4, 0.5) is 0 Å². The van der Waals surface area contributed by atoms with E-state index >= 15 is 0 Å². The summed E-state index contributed by atoms with van der Waals surface area (Å²) in [5, 5.41) is 3.06. The lowest BCUT2D eigenvalue weighted by molar-refractivity contribution is -0.145. The molecule has 6 heteroatoms. The van der Waals surface area contributed by atoms with Gasteiger partial charge in [-0.1, -0.05) is 13.0 Å². The van der Waals surface area contributed by atoms with Gasteiger partial charge in [0.2, 0.25) is 5.91 Å². The third-order valence-corrected chi connectivity index (χ3v) is 4.63. The van der Waals surface area contributed by atoms with E-state index in [2.05, 4.69) is 12.2 Å². The number of carbonyl (C=O) groups is 2. The van der Waals surface area contributed by atoms with Gasteiger partial charge in [0.1, 0.15) is 0 Å². The second-order valence-electron chi connectivity index (χ2n) is 6.80. The van der Waals surface area contributed by atoms with E-state index in [1.54, 1.807) is 25.1 Å². The molecule has 1 amide bonds. The van der Waals surface area contributed by atoms with Crippen molar-refractivity contribution in [1.82, 2.24) is 5.32 Å². The Morgan fingerprint density at radius 2 is 1.93 bits per heavy atom. The maximum atomic E-state index is 12.1. The lowest BCUT2D eigenvalue weighted by Crippen LogP contribution is -2.36. The van der Waals surface area contributed by atoms with Crippen LogP contribution < -0.4 is 14.8 Å². The number of rotatable bonds is 8. The van der Waals surface area contributed by atoms with Gasteiger partial charge in [0.05, 0.1) is 13.7 Å². The largest absolute Gasteiger partial charge is 0.493 e. The van der Waals surface area contributed by atoms with Crippen molar-refractivity contribution in [1.29, 1.82) is 0 Å². The summed E-state index contributed by atoms with van der Waals surface area (Å²) in [5.41, 5.74) is 0.780. The van der Waals surface area contributed by atoms with Gasteiger partial charge in [0.25, 0.3) is 0 Å². The van der Waals surface area contributed by atoms with Crippen molar-refractivity contribution in [3.8, 4) is 11.5 Å². The van der Waals surface area contributed by atoms with Crippen LogP contribution >= 0.6 is 0 Å². The number of esters is 1. The Kier molecular flexibility index (Phi) is 8.17. The van der Waals surface area contributed by atoms with Gasteiger partial charge in [0.15, 0.2) is 18.1 Å². The van der Waals surface area contributed by atoms with Crippen LogP contribution in [0.1, 0.15) is 45.1 Å². The van der Waals surface area contributed by atoms with Gasteiger partial charge >= 0.3 is 5.97 Å². The molecule has 1 aromatic rings. The fourth-order valence-electron chi connectivity index (χ4n) is 3.07. The third kappa shape index (κ3) is 6.96. The van der Waals surface area contributed by atoms with E-state index in [9.17, 15) is 9.59 Å². The first-order chi connectivity index (χ1) is 13.0. The first kappa shape index (κ1) is 20.8.